The van der Waals surface area contributed by atoms with E-state index in [9.17, 15) is 4.79 Å². The largest absolute Gasteiger partial charge is 0.496 e. The molecule has 0 unspecified atom stereocenters. The topological polar surface area (TPSA) is 82.2 Å². The van der Waals surface area contributed by atoms with Crippen molar-refractivity contribution in [3.05, 3.63) is 96.3 Å². The first-order valence-electron chi connectivity index (χ1n) is 10.1. The van der Waals surface area contributed by atoms with Crippen molar-refractivity contribution in [2.45, 2.75) is 6.54 Å². The molecule has 32 heavy (non-hydrogen) atoms. The maximum absolute atomic E-state index is 13.6. The molecule has 2 heterocycles. The maximum Gasteiger partial charge on any atom is 0.282 e. The van der Waals surface area contributed by atoms with Crippen molar-refractivity contribution in [3.8, 4) is 17.3 Å². The van der Waals surface area contributed by atoms with Gasteiger partial charge in [-0.05, 0) is 35.0 Å². The van der Waals surface area contributed by atoms with Crippen LogP contribution < -0.4 is 10.1 Å². The molecule has 7 nitrogen and oxygen atoms in total. The van der Waals surface area contributed by atoms with Gasteiger partial charge in [-0.15, -0.1) is 5.10 Å². The number of methoxy groups -OCH3 is 1. The summed E-state index contributed by atoms with van der Waals surface area (Å²) in [6.07, 6.45) is 1.55. The molecule has 2 aromatic heterocycles. The Morgan fingerprint density at radius 2 is 1.81 bits per heavy atom. The van der Waals surface area contributed by atoms with Gasteiger partial charge in [0.1, 0.15) is 5.75 Å². The molecule has 7 heteroatoms. The fourth-order valence-electron chi connectivity index (χ4n) is 3.63. The van der Waals surface area contributed by atoms with E-state index >= 15 is 0 Å². The first kappa shape index (κ1) is 19.6. The molecule has 3 aromatic carbocycles. The van der Waals surface area contributed by atoms with E-state index in [1.165, 1.54) is 4.68 Å². The Bertz CT molecular complexity index is 1380. The van der Waals surface area contributed by atoms with Crippen molar-refractivity contribution < 1.29 is 13.9 Å². The van der Waals surface area contributed by atoms with Gasteiger partial charge in [0.2, 0.25) is 11.8 Å². The Labute approximate surface area is 184 Å². The van der Waals surface area contributed by atoms with E-state index in [1.54, 1.807) is 31.6 Å². The minimum absolute atomic E-state index is 0.283. The van der Waals surface area contributed by atoms with Gasteiger partial charge in [-0.1, -0.05) is 54.6 Å². The second-order valence-corrected chi connectivity index (χ2v) is 7.15. The highest BCUT2D eigenvalue weighted by molar-refractivity contribution is 6.08. The number of rotatable bonds is 6. The lowest BCUT2D eigenvalue weighted by Crippen LogP contribution is -2.18. The van der Waals surface area contributed by atoms with Crippen LogP contribution in [0.5, 0.6) is 5.75 Å². The van der Waals surface area contributed by atoms with Crippen molar-refractivity contribution >= 4 is 22.6 Å². The zero-order valence-electron chi connectivity index (χ0n) is 17.4. The van der Waals surface area contributed by atoms with Crippen LogP contribution in [0.1, 0.15) is 15.9 Å². The molecule has 0 atom stereocenters. The minimum Gasteiger partial charge on any atom is -0.496 e. The molecule has 0 aliphatic rings. The number of anilines is 1. The van der Waals surface area contributed by atoms with Gasteiger partial charge in [0.25, 0.3) is 5.91 Å². The number of fused-ring (bicyclic) bond motifs is 1. The van der Waals surface area contributed by atoms with Crippen LogP contribution in [0.3, 0.4) is 0 Å². The Hall–Kier alpha value is -4.39. The summed E-state index contributed by atoms with van der Waals surface area (Å²) < 4.78 is 12.2. The predicted molar refractivity (Wildman–Crippen MR) is 122 cm³/mol. The molecular weight excluding hydrogens is 404 g/mol. The number of carbonyl (C=O) groups excluding carboxylic acids is 1. The summed E-state index contributed by atoms with van der Waals surface area (Å²) in [7, 11) is 1.63. The fourth-order valence-corrected chi connectivity index (χ4v) is 3.63. The minimum atomic E-state index is -0.283. The lowest BCUT2D eigenvalue weighted by atomic mass is 10.0. The van der Waals surface area contributed by atoms with E-state index in [-0.39, 0.29) is 5.91 Å². The summed E-state index contributed by atoms with van der Waals surface area (Å²) in [6, 6.07) is 24.6. The fraction of sp³-hybridized carbons (Fsp3) is 0.0800. The highest BCUT2D eigenvalue weighted by atomic mass is 16.5. The van der Waals surface area contributed by atoms with Gasteiger partial charge >= 0.3 is 0 Å². The average molecular weight is 424 g/mol. The zero-order valence-corrected chi connectivity index (χ0v) is 17.4. The van der Waals surface area contributed by atoms with Crippen LogP contribution in [-0.4, -0.2) is 27.8 Å². The normalized spacial score (nSPS) is 10.9. The van der Waals surface area contributed by atoms with Gasteiger partial charge < -0.3 is 14.5 Å². The maximum atomic E-state index is 13.6. The predicted octanol–water partition coefficient (Wildman–Crippen LogP) is 5.00. The number of aromatic nitrogens is 3. The summed E-state index contributed by atoms with van der Waals surface area (Å²) in [4.78, 5) is 18.1. The smallest absolute Gasteiger partial charge is 0.282 e. The molecular formula is C25H20N4O3. The monoisotopic (exact) mass is 424 g/mol. The molecule has 5 aromatic rings. The van der Waals surface area contributed by atoms with Crippen molar-refractivity contribution in [3.63, 3.8) is 0 Å². The van der Waals surface area contributed by atoms with Crippen LogP contribution in [0, 0.1) is 0 Å². The lowest BCUT2D eigenvalue weighted by molar-refractivity contribution is 0.0949. The van der Waals surface area contributed by atoms with E-state index in [2.05, 4.69) is 15.4 Å². The third-order valence-corrected chi connectivity index (χ3v) is 5.19. The van der Waals surface area contributed by atoms with Crippen LogP contribution in [0.15, 0.2) is 89.5 Å². The van der Waals surface area contributed by atoms with Crippen LogP contribution in [0.2, 0.25) is 0 Å². The lowest BCUT2D eigenvalue weighted by Gasteiger charge is -2.11. The highest BCUT2D eigenvalue weighted by Gasteiger charge is 2.21. The van der Waals surface area contributed by atoms with E-state index in [4.69, 9.17) is 9.15 Å². The molecule has 0 saturated carbocycles. The summed E-state index contributed by atoms with van der Waals surface area (Å²) in [5.74, 6) is 1.59. The summed E-state index contributed by atoms with van der Waals surface area (Å²) >= 11 is 0. The number of hydrogen-bond acceptors (Lipinski definition) is 6. The Morgan fingerprint density at radius 3 is 2.66 bits per heavy atom. The molecule has 0 aliphatic carbocycles. The van der Waals surface area contributed by atoms with Gasteiger partial charge in [0.05, 0.1) is 13.4 Å². The standard InChI is InChI=1S/C25H20N4O3/c1-31-21-13-5-3-9-18(21)16-26-25-27-23(22-14-7-15-32-22)28-29(25)24(30)20-12-6-10-17-8-2-4-11-19(17)20/h2-15H,16H2,1H3,(H,26,27,28). The molecule has 5 rings (SSSR count). The molecule has 0 aliphatic heterocycles. The van der Waals surface area contributed by atoms with Crippen molar-refractivity contribution in [2.24, 2.45) is 0 Å². The molecule has 0 amide bonds. The Morgan fingerprint density at radius 1 is 1.00 bits per heavy atom. The van der Waals surface area contributed by atoms with Crippen molar-refractivity contribution in [1.29, 1.82) is 0 Å². The average Bonchev–Trinajstić information content (AvgIpc) is 3.52. The van der Waals surface area contributed by atoms with E-state index < -0.39 is 0 Å². The Kier molecular flexibility index (Phi) is 5.13. The number of benzene rings is 3. The van der Waals surface area contributed by atoms with Crippen LogP contribution in [-0.2, 0) is 6.54 Å². The number of furan rings is 1. The third-order valence-electron chi connectivity index (χ3n) is 5.19. The zero-order chi connectivity index (χ0) is 21.9. The van der Waals surface area contributed by atoms with Crippen LogP contribution in [0.25, 0.3) is 22.4 Å². The van der Waals surface area contributed by atoms with E-state index in [0.717, 1.165) is 22.1 Å². The van der Waals surface area contributed by atoms with Gasteiger partial charge in [-0.3, -0.25) is 4.79 Å². The second-order valence-electron chi connectivity index (χ2n) is 7.15. The molecule has 0 saturated heterocycles. The Balaban J connectivity index is 1.55. The molecule has 1 N–H and O–H groups in total. The first-order chi connectivity index (χ1) is 15.7. The number of nitrogens with zero attached hydrogens (tertiary/aromatic N) is 3. The number of para-hydroxylation sites is 1. The first-order valence-corrected chi connectivity index (χ1v) is 10.1. The quantitative estimate of drug-likeness (QED) is 0.413. The number of carbonyl (C=O) groups is 1. The molecule has 0 spiro atoms. The second kappa shape index (κ2) is 8.39. The number of ether oxygens (including phenoxy) is 1. The number of hydrogen-bond donors (Lipinski definition) is 1. The van der Waals surface area contributed by atoms with Gasteiger partial charge in [-0.25, -0.2) is 0 Å². The molecule has 0 fully saturated rings. The third kappa shape index (κ3) is 3.60. The van der Waals surface area contributed by atoms with Crippen LogP contribution in [0.4, 0.5) is 5.95 Å². The van der Waals surface area contributed by atoms with E-state index in [1.807, 2.05) is 60.7 Å². The van der Waals surface area contributed by atoms with E-state index in [0.29, 0.717) is 29.6 Å². The summed E-state index contributed by atoms with van der Waals surface area (Å²) in [6.45, 7) is 0.406. The SMILES string of the molecule is COc1ccccc1CNc1nc(-c2ccco2)nn1C(=O)c1cccc2ccccc12. The van der Waals surface area contributed by atoms with Crippen LogP contribution >= 0.6 is 0 Å². The van der Waals surface area contributed by atoms with Gasteiger partial charge in [-0.2, -0.15) is 9.67 Å². The highest BCUT2D eigenvalue weighted by Crippen LogP contribution is 2.24. The summed E-state index contributed by atoms with van der Waals surface area (Å²) in [5.41, 5.74) is 1.47. The van der Waals surface area contributed by atoms with Gasteiger partial charge in [0, 0.05) is 17.7 Å². The molecule has 158 valence electrons. The van der Waals surface area contributed by atoms with Gasteiger partial charge in [0.15, 0.2) is 5.76 Å². The summed E-state index contributed by atoms with van der Waals surface area (Å²) in [5, 5.41) is 9.52. The number of nitrogens with one attached hydrogen (secondary N) is 1. The molecule has 0 radical (unpaired) electrons. The van der Waals surface area contributed by atoms with Crippen molar-refractivity contribution in [2.75, 3.05) is 12.4 Å². The molecule has 0 bridgehead atoms. The van der Waals surface area contributed by atoms with Crippen molar-refractivity contribution in [1.82, 2.24) is 14.8 Å².